The van der Waals surface area contributed by atoms with Crippen LogP contribution in [0.15, 0.2) is 91.6 Å². The summed E-state index contributed by atoms with van der Waals surface area (Å²) in [6.45, 7) is -0.676. The first-order chi connectivity index (χ1) is 19.8. The van der Waals surface area contributed by atoms with E-state index in [0.29, 0.717) is 34.2 Å². The van der Waals surface area contributed by atoms with Crippen LogP contribution in [0.1, 0.15) is 5.56 Å². The smallest absolute Gasteiger partial charge is 0.215 e. The van der Waals surface area contributed by atoms with Crippen LogP contribution >= 0.6 is 0 Å². The average Bonchev–Trinajstić information content (AvgIpc) is 3.60. The van der Waals surface area contributed by atoms with Crippen molar-refractivity contribution in [2.75, 3.05) is 12.3 Å². The molecule has 0 saturated heterocycles. The lowest BCUT2D eigenvalue weighted by molar-refractivity contribution is -0.0314. The Hall–Kier alpha value is -5.23. The van der Waals surface area contributed by atoms with Crippen molar-refractivity contribution in [3.63, 3.8) is 0 Å². The minimum atomic E-state index is -1.97. The third kappa shape index (κ3) is 5.08. The van der Waals surface area contributed by atoms with E-state index >= 15 is 0 Å². The molecule has 0 aliphatic rings. The van der Waals surface area contributed by atoms with Gasteiger partial charge in [-0.15, -0.1) is 0 Å². The Balaban J connectivity index is 1.45. The lowest BCUT2D eigenvalue weighted by Crippen LogP contribution is -2.39. The second-order valence-corrected chi connectivity index (χ2v) is 9.40. The van der Waals surface area contributed by atoms with Crippen molar-refractivity contribution in [1.29, 1.82) is 0 Å². The number of nitrogen functional groups attached to an aromatic ring is 1. The quantitative estimate of drug-likeness (QED) is 0.281. The van der Waals surface area contributed by atoms with Gasteiger partial charge in [-0.2, -0.15) is 14.7 Å². The number of nitrogens with two attached hydrogens (primary N) is 1. The zero-order valence-electron chi connectivity index (χ0n) is 21.3. The van der Waals surface area contributed by atoms with Gasteiger partial charge >= 0.3 is 0 Å². The van der Waals surface area contributed by atoms with Crippen LogP contribution in [0.5, 0.6) is 5.88 Å². The maximum atomic E-state index is 14.9. The summed E-state index contributed by atoms with van der Waals surface area (Å²) in [5.74, 6) is -1.59. The van der Waals surface area contributed by atoms with Crippen molar-refractivity contribution in [3.05, 3.63) is 115 Å². The molecule has 206 valence electrons. The van der Waals surface area contributed by atoms with E-state index in [-0.39, 0.29) is 18.0 Å². The molecule has 12 heteroatoms. The third-order valence-corrected chi connectivity index (χ3v) is 6.59. The molecule has 0 fully saturated rings. The number of rotatable bonds is 8. The van der Waals surface area contributed by atoms with E-state index in [0.717, 1.165) is 17.7 Å². The van der Waals surface area contributed by atoms with Crippen LogP contribution in [0.4, 0.5) is 19.0 Å². The fourth-order valence-electron chi connectivity index (χ4n) is 4.70. The molecule has 0 aliphatic carbocycles. The molecule has 0 amide bonds. The van der Waals surface area contributed by atoms with Crippen molar-refractivity contribution < 1.29 is 23.0 Å². The van der Waals surface area contributed by atoms with E-state index in [1.165, 1.54) is 34.0 Å². The number of halogens is 3. The molecular formula is C29H22F3N7O2. The maximum absolute atomic E-state index is 14.9. The summed E-state index contributed by atoms with van der Waals surface area (Å²) in [5.41, 5.74) is 7.03. The summed E-state index contributed by atoms with van der Waals surface area (Å²) in [7, 11) is 0. The van der Waals surface area contributed by atoms with Crippen LogP contribution in [0.3, 0.4) is 0 Å². The number of anilines is 1. The van der Waals surface area contributed by atoms with Crippen molar-refractivity contribution in [2.24, 2.45) is 0 Å². The van der Waals surface area contributed by atoms with E-state index < -0.39 is 29.7 Å². The highest BCUT2D eigenvalue weighted by Gasteiger charge is 2.35. The molecule has 0 bridgehead atoms. The van der Waals surface area contributed by atoms with Gasteiger partial charge in [0, 0.05) is 35.0 Å². The first-order valence-electron chi connectivity index (χ1n) is 12.4. The molecule has 2 aromatic carbocycles. The molecule has 3 N–H and O–H groups in total. The molecule has 0 aliphatic heterocycles. The average molecular weight is 558 g/mol. The topological polar surface area (TPSA) is 116 Å². The number of ether oxygens (including phenoxy) is 1. The minimum Gasteiger partial charge on any atom is -0.474 e. The van der Waals surface area contributed by atoms with Gasteiger partial charge in [0.15, 0.2) is 0 Å². The second-order valence-electron chi connectivity index (χ2n) is 9.40. The van der Waals surface area contributed by atoms with E-state index in [9.17, 15) is 18.3 Å². The van der Waals surface area contributed by atoms with Crippen LogP contribution in [-0.2, 0) is 12.1 Å². The molecule has 4 aromatic heterocycles. The number of aromatic nitrogens is 6. The number of fused-ring (bicyclic) bond motifs is 1. The van der Waals surface area contributed by atoms with Crippen LogP contribution in [-0.4, -0.2) is 41.1 Å². The van der Waals surface area contributed by atoms with Crippen LogP contribution in [0.2, 0.25) is 0 Å². The summed E-state index contributed by atoms with van der Waals surface area (Å²) >= 11 is 0. The minimum absolute atomic E-state index is 0.179. The van der Waals surface area contributed by atoms with Crippen LogP contribution < -0.4 is 10.5 Å². The molecule has 0 spiro atoms. The number of aliphatic hydroxyl groups is 1. The summed E-state index contributed by atoms with van der Waals surface area (Å²) < 4.78 is 51.2. The maximum Gasteiger partial charge on any atom is 0.215 e. The zero-order valence-corrected chi connectivity index (χ0v) is 21.3. The number of pyridine rings is 2. The third-order valence-electron chi connectivity index (χ3n) is 6.59. The summed E-state index contributed by atoms with van der Waals surface area (Å²) in [6, 6.07) is 17.5. The van der Waals surface area contributed by atoms with Crippen molar-refractivity contribution in [2.45, 2.75) is 12.1 Å². The Bertz CT molecular complexity index is 1840. The molecule has 41 heavy (non-hydrogen) atoms. The van der Waals surface area contributed by atoms with E-state index in [4.69, 9.17) is 15.6 Å². The Morgan fingerprint density at radius 1 is 0.927 bits per heavy atom. The number of nitrogens with zero attached hydrogens (tertiary/aromatic N) is 6. The van der Waals surface area contributed by atoms with E-state index in [2.05, 4.69) is 15.1 Å². The van der Waals surface area contributed by atoms with Gasteiger partial charge in [0.25, 0.3) is 0 Å². The fourth-order valence-corrected chi connectivity index (χ4v) is 4.70. The summed E-state index contributed by atoms with van der Waals surface area (Å²) in [6.07, 6.45) is 4.21. The van der Waals surface area contributed by atoms with Gasteiger partial charge in [0.1, 0.15) is 53.8 Å². The normalized spacial score (nSPS) is 12.9. The standard InChI is InChI=1S/C29H22F3N7O2/c30-20-6-4-18(5-7-20)28-27(19-10-11-35-25(33)12-19)24-2-1-3-26(39(24)37-28)41-15-29(40,14-38-17-34-16-36-38)22-9-8-21(31)13-23(22)32/h1-13,16-17,40H,14-15H2,(H2,33,35)/t29-/m1/s1. The number of hydrogen-bond donors (Lipinski definition) is 2. The van der Waals surface area contributed by atoms with E-state index in [1.807, 2.05) is 6.07 Å². The SMILES string of the molecule is Nc1cc(-c2c(-c3ccc(F)cc3)nn3c(OC[C@](O)(Cn4cncn4)c4ccc(F)cc4F)cccc23)ccn1. The molecule has 1 atom stereocenters. The van der Waals surface area contributed by atoms with Gasteiger partial charge in [-0.25, -0.2) is 27.8 Å². The molecule has 0 radical (unpaired) electrons. The Labute approximate surface area is 231 Å². The first kappa shape index (κ1) is 26.0. The predicted octanol–water partition coefficient (Wildman–Crippen LogP) is 4.62. The Morgan fingerprint density at radius 2 is 1.73 bits per heavy atom. The highest BCUT2D eigenvalue weighted by molar-refractivity contribution is 5.92. The number of hydrogen-bond acceptors (Lipinski definition) is 7. The summed E-state index contributed by atoms with van der Waals surface area (Å²) in [4.78, 5) is 7.95. The fraction of sp³-hybridized carbons (Fsp3) is 0.103. The van der Waals surface area contributed by atoms with E-state index in [1.54, 1.807) is 42.6 Å². The molecule has 0 saturated carbocycles. The van der Waals surface area contributed by atoms with Crippen molar-refractivity contribution in [1.82, 2.24) is 29.4 Å². The lowest BCUT2D eigenvalue weighted by Gasteiger charge is -2.28. The van der Waals surface area contributed by atoms with Crippen LogP contribution in [0.25, 0.3) is 27.9 Å². The van der Waals surface area contributed by atoms with Crippen LogP contribution in [0, 0.1) is 17.5 Å². The Morgan fingerprint density at radius 3 is 2.46 bits per heavy atom. The number of benzene rings is 2. The molecule has 0 unspecified atom stereocenters. The largest absolute Gasteiger partial charge is 0.474 e. The van der Waals surface area contributed by atoms with Gasteiger partial charge < -0.3 is 15.6 Å². The molecule has 4 heterocycles. The van der Waals surface area contributed by atoms with Crippen molar-refractivity contribution in [3.8, 4) is 28.3 Å². The molecule has 6 aromatic rings. The first-order valence-corrected chi connectivity index (χ1v) is 12.4. The van der Waals surface area contributed by atoms with Gasteiger partial charge in [0.05, 0.1) is 12.1 Å². The Kier molecular flexibility index (Phi) is 6.59. The predicted molar refractivity (Wildman–Crippen MR) is 144 cm³/mol. The highest BCUT2D eigenvalue weighted by Crippen LogP contribution is 2.37. The van der Waals surface area contributed by atoms with Gasteiger partial charge in [-0.05, 0) is 54.1 Å². The highest BCUT2D eigenvalue weighted by atomic mass is 19.1. The summed E-state index contributed by atoms with van der Waals surface area (Å²) in [5, 5.41) is 20.4. The van der Waals surface area contributed by atoms with Gasteiger partial charge in [0.2, 0.25) is 5.88 Å². The van der Waals surface area contributed by atoms with Crippen molar-refractivity contribution >= 4 is 11.3 Å². The molecule has 9 nitrogen and oxygen atoms in total. The van der Waals surface area contributed by atoms with Gasteiger partial charge in [-0.3, -0.25) is 0 Å². The van der Waals surface area contributed by atoms with Gasteiger partial charge in [-0.1, -0.05) is 12.1 Å². The lowest BCUT2D eigenvalue weighted by atomic mass is 9.94. The monoisotopic (exact) mass is 557 g/mol. The second kappa shape index (κ2) is 10.4. The zero-order chi connectivity index (χ0) is 28.6. The molecule has 6 rings (SSSR count). The molecular weight excluding hydrogens is 535 g/mol.